The van der Waals surface area contributed by atoms with Crippen molar-refractivity contribution >= 4 is 11.8 Å². The summed E-state index contributed by atoms with van der Waals surface area (Å²) in [5, 5.41) is 0. The zero-order chi connectivity index (χ0) is 8.10. The highest BCUT2D eigenvalue weighted by Gasteiger charge is 2.06. The van der Waals surface area contributed by atoms with Crippen LogP contribution in [0.25, 0.3) is 0 Å². The van der Waals surface area contributed by atoms with Gasteiger partial charge in [0, 0.05) is 0 Å². The largest absolute Gasteiger partial charge is 0.264 e. The van der Waals surface area contributed by atoms with Crippen LogP contribution in [0.2, 0.25) is 0 Å². The van der Waals surface area contributed by atoms with Crippen LogP contribution < -0.4 is 4.57 Å². The Balaban J connectivity index is 2.62. The molecule has 0 radical (unpaired) electrons. The fraction of sp³-hybridized carbons (Fsp3) is 0.625. The molecule has 62 valence electrons. The molecule has 0 amide bonds. The number of aromatic amines is 1. The topological polar surface area (TPSA) is 19.7 Å². The van der Waals surface area contributed by atoms with E-state index in [0.717, 1.165) is 12.3 Å². The van der Waals surface area contributed by atoms with Gasteiger partial charge in [-0.25, -0.2) is 9.55 Å². The average molecular weight is 171 g/mol. The summed E-state index contributed by atoms with van der Waals surface area (Å²) >= 11 is 1.85. The summed E-state index contributed by atoms with van der Waals surface area (Å²) in [5.41, 5.74) is 0. The Kier molecular flexibility index (Phi) is 3.49. The van der Waals surface area contributed by atoms with E-state index in [4.69, 9.17) is 0 Å². The standard InChI is InChI=1S/C8H14N2S/c1-3-5-10-6-4-9-8(10)7-11-2/h4,6H,3,5,7H2,1-2H3/p+1. The molecule has 0 atom stereocenters. The van der Waals surface area contributed by atoms with E-state index in [1.165, 1.54) is 12.2 Å². The van der Waals surface area contributed by atoms with Crippen molar-refractivity contribution in [3.05, 3.63) is 18.2 Å². The van der Waals surface area contributed by atoms with Gasteiger partial charge >= 0.3 is 0 Å². The zero-order valence-electron chi connectivity index (χ0n) is 7.13. The van der Waals surface area contributed by atoms with Crippen molar-refractivity contribution in [2.45, 2.75) is 25.6 Å². The molecule has 0 unspecified atom stereocenters. The molecule has 11 heavy (non-hydrogen) atoms. The molecule has 0 aliphatic carbocycles. The van der Waals surface area contributed by atoms with E-state index in [-0.39, 0.29) is 0 Å². The lowest BCUT2D eigenvalue weighted by atomic mass is 10.5. The van der Waals surface area contributed by atoms with Crippen molar-refractivity contribution in [1.29, 1.82) is 0 Å². The van der Waals surface area contributed by atoms with Crippen LogP contribution in [0.1, 0.15) is 19.2 Å². The molecule has 1 N–H and O–H groups in total. The van der Waals surface area contributed by atoms with Gasteiger partial charge in [-0.3, -0.25) is 0 Å². The van der Waals surface area contributed by atoms with Gasteiger partial charge in [0.2, 0.25) is 0 Å². The van der Waals surface area contributed by atoms with Crippen LogP contribution in [-0.2, 0) is 12.3 Å². The summed E-state index contributed by atoms with van der Waals surface area (Å²) in [7, 11) is 0. The highest BCUT2D eigenvalue weighted by atomic mass is 32.2. The molecule has 1 aromatic heterocycles. The fourth-order valence-corrected chi connectivity index (χ4v) is 1.63. The third kappa shape index (κ3) is 2.26. The Bertz CT molecular complexity index is 187. The third-order valence-corrected chi connectivity index (χ3v) is 2.16. The Morgan fingerprint density at radius 1 is 1.64 bits per heavy atom. The minimum absolute atomic E-state index is 1.08. The van der Waals surface area contributed by atoms with Gasteiger partial charge in [0.1, 0.15) is 12.4 Å². The van der Waals surface area contributed by atoms with Gasteiger partial charge in [-0.05, 0) is 12.7 Å². The van der Waals surface area contributed by atoms with Crippen LogP contribution in [0.3, 0.4) is 0 Å². The van der Waals surface area contributed by atoms with Crippen molar-refractivity contribution in [3.8, 4) is 0 Å². The number of nitrogens with one attached hydrogen (secondary N) is 1. The summed E-state index contributed by atoms with van der Waals surface area (Å²) in [6.07, 6.45) is 7.43. The first-order chi connectivity index (χ1) is 5.38. The molecular weight excluding hydrogens is 156 g/mol. The molecule has 0 saturated heterocycles. The summed E-state index contributed by atoms with van der Waals surface area (Å²) in [4.78, 5) is 3.23. The van der Waals surface area contributed by atoms with Crippen molar-refractivity contribution in [1.82, 2.24) is 4.98 Å². The van der Waals surface area contributed by atoms with E-state index in [9.17, 15) is 0 Å². The van der Waals surface area contributed by atoms with E-state index in [2.05, 4.69) is 28.9 Å². The van der Waals surface area contributed by atoms with Crippen LogP contribution in [0.15, 0.2) is 12.4 Å². The summed E-state index contributed by atoms with van der Waals surface area (Å²) in [6.45, 7) is 3.32. The van der Waals surface area contributed by atoms with E-state index >= 15 is 0 Å². The number of aryl methyl sites for hydroxylation is 1. The van der Waals surface area contributed by atoms with Crippen molar-refractivity contribution in [2.24, 2.45) is 0 Å². The highest BCUT2D eigenvalue weighted by molar-refractivity contribution is 7.97. The number of thioether (sulfide) groups is 1. The van der Waals surface area contributed by atoms with Crippen LogP contribution in [0.5, 0.6) is 0 Å². The molecule has 3 heteroatoms. The maximum atomic E-state index is 3.23. The van der Waals surface area contributed by atoms with Gasteiger partial charge < -0.3 is 0 Å². The van der Waals surface area contributed by atoms with Crippen molar-refractivity contribution in [2.75, 3.05) is 6.26 Å². The molecule has 1 aromatic rings. The number of aromatic nitrogens is 2. The minimum Gasteiger partial charge on any atom is -0.247 e. The number of hydrogen-bond donors (Lipinski definition) is 1. The normalized spacial score (nSPS) is 10.4. The van der Waals surface area contributed by atoms with Crippen molar-refractivity contribution < 1.29 is 4.57 Å². The van der Waals surface area contributed by atoms with Gasteiger partial charge in [0.25, 0.3) is 5.82 Å². The first-order valence-corrected chi connectivity index (χ1v) is 5.32. The van der Waals surface area contributed by atoms with E-state index in [1.54, 1.807) is 0 Å². The molecule has 2 nitrogen and oxygen atoms in total. The Morgan fingerprint density at radius 2 is 2.45 bits per heavy atom. The molecule has 1 heterocycles. The van der Waals surface area contributed by atoms with Crippen LogP contribution in [-0.4, -0.2) is 11.2 Å². The second kappa shape index (κ2) is 4.44. The molecular formula is C8H15N2S+. The van der Waals surface area contributed by atoms with Crippen LogP contribution in [0.4, 0.5) is 0 Å². The summed E-state index contributed by atoms with van der Waals surface area (Å²) < 4.78 is 2.27. The smallest absolute Gasteiger partial charge is 0.247 e. The Hall–Kier alpha value is -0.440. The number of imidazole rings is 1. The monoisotopic (exact) mass is 171 g/mol. The second-order valence-electron chi connectivity index (χ2n) is 2.53. The molecule has 0 spiro atoms. The van der Waals surface area contributed by atoms with Gasteiger partial charge in [-0.15, -0.1) is 0 Å². The molecule has 0 fully saturated rings. The highest BCUT2D eigenvalue weighted by Crippen LogP contribution is 2.00. The number of hydrogen-bond acceptors (Lipinski definition) is 1. The second-order valence-corrected chi connectivity index (χ2v) is 3.40. The molecule has 1 rings (SSSR count). The molecule has 0 aliphatic rings. The predicted molar refractivity (Wildman–Crippen MR) is 48.5 cm³/mol. The summed E-state index contributed by atoms with van der Waals surface area (Å²) in [6, 6.07) is 0. The van der Waals surface area contributed by atoms with Crippen LogP contribution >= 0.6 is 11.8 Å². The van der Waals surface area contributed by atoms with Gasteiger partial charge in [0.15, 0.2) is 0 Å². The number of nitrogens with zero attached hydrogens (tertiary/aromatic N) is 1. The molecule has 0 saturated carbocycles. The molecule has 0 bridgehead atoms. The SMILES string of the molecule is CCC[n+]1cc[nH]c1CSC. The lowest BCUT2D eigenvalue weighted by Crippen LogP contribution is -2.35. The van der Waals surface area contributed by atoms with Crippen molar-refractivity contribution in [3.63, 3.8) is 0 Å². The molecule has 0 aliphatic heterocycles. The third-order valence-electron chi connectivity index (χ3n) is 1.60. The van der Waals surface area contributed by atoms with E-state index < -0.39 is 0 Å². The lowest BCUT2D eigenvalue weighted by Gasteiger charge is -1.95. The fourth-order valence-electron chi connectivity index (χ4n) is 1.11. The van der Waals surface area contributed by atoms with Gasteiger partial charge in [-0.2, -0.15) is 11.8 Å². The predicted octanol–water partition coefficient (Wildman–Crippen LogP) is 1.58. The average Bonchev–Trinajstić information content (AvgIpc) is 2.39. The maximum Gasteiger partial charge on any atom is 0.264 e. The first-order valence-electron chi connectivity index (χ1n) is 3.93. The number of rotatable bonds is 4. The number of H-pyrrole nitrogens is 1. The minimum atomic E-state index is 1.08. The Morgan fingerprint density at radius 3 is 3.09 bits per heavy atom. The lowest BCUT2D eigenvalue weighted by molar-refractivity contribution is -0.701. The first kappa shape index (κ1) is 8.65. The maximum absolute atomic E-state index is 3.23. The molecule has 0 aromatic carbocycles. The summed E-state index contributed by atoms with van der Waals surface area (Å²) in [5.74, 6) is 2.40. The quantitative estimate of drug-likeness (QED) is 0.682. The Labute approximate surface area is 72.0 Å². The van der Waals surface area contributed by atoms with E-state index in [1.807, 2.05) is 18.0 Å². The van der Waals surface area contributed by atoms with Gasteiger partial charge in [0.05, 0.1) is 12.3 Å². The van der Waals surface area contributed by atoms with Crippen LogP contribution in [0, 0.1) is 0 Å². The zero-order valence-corrected chi connectivity index (χ0v) is 7.95. The van der Waals surface area contributed by atoms with Gasteiger partial charge in [-0.1, -0.05) is 6.92 Å². The van der Waals surface area contributed by atoms with E-state index in [0.29, 0.717) is 0 Å².